The van der Waals surface area contributed by atoms with Gasteiger partial charge in [0.15, 0.2) is 0 Å². The van der Waals surface area contributed by atoms with Crippen LogP contribution in [0, 0.1) is 0 Å². The fourth-order valence-corrected chi connectivity index (χ4v) is 3.88. The number of nitrogens with one attached hydrogen (secondary N) is 1. The lowest BCUT2D eigenvalue weighted by atomic mass is 10.1. The fraction of sp³-hybridized carbons (Fsp3) is 0.316. The Morgan fingerprint density at radius 1 is 1.17 bits per heavy atom. The van der Waals surface area contributed by atoms with Gasteiger partial charge in [-0.1, -0.05) is 35.9 Å². The highest BCUT2D eigenvalue weighted by molar-refractivity contribution is 7.99. The highest BCUT2D eigenvalue weighted by Gasteiger charge is 2.20. The van der Waals surface area contributed by atoms with E-state index >= 15 is 0 Å². The van der Waals surface area contributed by atoms with Gasteiger partial charge in [0.1, 0.15) is 0 Å². The standard InChI is InChI=1S/C19H21ClN2OS/c20-16-8-6-15(7-9-16)10-11-21-14-19(23)22-12-3-13-24-18-5-2-1-4-17(18)22/h1-2,4-9,21H,3,10-14H2. The summed E-state index contributed by atoms with van der Waals surface area (Å²) in [6, 6.07) is 16.0. The number of halogens is 1. The van der Waals surface area contributed by atoms with Crippen LogP contribution in [0.2, 0.25) is 5.02 Å². The summed E-state index contributed by atoms with van der Waals surface area (Å²) in [6.07, 6.45) is 1.91. The summed E-state index contributed by atoms with van der Waals surface area (Å²) >= 11 is 7.72. The number of benzene rings is 2. The summed E-state index contributed by atoms with van der Waals surface area (Å²) in [5.41, 5.74) is 2.26. The van der Waals surface area contributed by atoms with Crippen molar-refractivity contribution in [1.29, 1.82) is 0 Å². The molecule has 126 valence electrons. The Morgan fingerprint density at radius 2 is 1.96 bits per heavy atom. The molecule has 0 unspecified atom stereocenters. The number of amides is 1. The first-order valence-electron chi connectivity index (χ1n) is 8.21. The second-order valence-electron chi connectivity index (χ2n) is 5.77. The molecule has 1 heterocycles. The third kappa shape index (κ3) is 4.53. The maximum Gasteiger partial charge on any atom is 0.240 e. The van der Waals surface area contributed by atoms with Gasteiger partial charge < -0.3 is 10.2 Å². The van der Waals surface area contributed by atoms with Gasteiger partial charge in [-0.05, 0) is 55.0 Å². The van der Waals surface area contributed by atoms with Crippen LogP contribution in [0.15, 0.2) is 53.4 Å². The number of hydrogen-bond acceptors (Lipinski definition) is 3. The minimum Gasteiger partial charge on any atom is -0.310 e. The van der Waals surface area contributed by atoms with E-state index in [1.54, 1.807) is 0 Å². The van der Waals surface area contributed by atoms with Crippen molar-refractivity contribution in [3.63, 3.8) is 0 Å². The van der Waals surface area contributed by atoms with E-state index in [2.05, 4.69) is 11.4 Å². The zero-order chi connectivity index (χ0) is 16.8. The van der Waals surface area contributed by atoms with Crippen LogP contribution in [0.25, 0.3) is 0 Å². The third-order valence-electron chi connectivity index (χ3n) is 4.02. The molecule has 24 heavy (non-hydrogen) atoms. The lowest BCUT2D eigenvalue weighted by Gasteiger charge is -2.22. The summed E-state index contributed by atoms with van der Waals surface area (Å²) in [5, 5.41) is 4.02. The summed E-state index contributed by atoms with van der Waals surface area (Å²) in [6.45, 7) is 1.94. The molecule has 0 fully saturated rings. The molecule has 0 radical (unpaired) electrons. The smallest absolute Gasteiger partial charge is 0.240 e. The second-order valence-corrected chi connectivity index (χ2v) is 7.34. The molecule has 0 saturated heterocycles. The van der Waals surface area contributed by atoms with Gasteiger partial charge >= 0.3 is 0 Å². The van der Waals surface area contributed by atoms with E-state index < -0.39 is 0 Å². The first kappa shape index (κ1) is 17.3. The van der Waals surface area contributed by atoms with Crippen LogP contribution in [-0.2, 0) is 11.2 Å². The van der Waals surface area contributed by atoms with E-state index in [4.69, 9.17) is 11.6 Å². The van der Waals surface area contributed by atoms with Gasteiger partial charge in [-0.25, -0.2) is 0 Å². The number of fused-ring (bicyclic) bond motifs is 1. The number of nitrogens with zero attached hydrogens (tertiary/aromatic N) is 1. The predicted octanol–water partition coefficient (Wildman–Crippen LogP) is 4.00. The minimum atomic E-state index is 0.140. The van der Waals surface area contributed by atoms with Gasteiger partial charge in [-0.2, -0.15) is 0 Å². The highest BCUT2D eigenvalue weighted by Crippen LogP contribution is 2.33. The molecule has 1 N–H and O–H groups in total. The maximum absolute atomic E-state index is 12.6. The Labute approximate surface area is 152 Å². The molecular formula is C19H21ClN2OS. The van der Waals surface area contributed by atoms with Crippen LogP contribution in [0.5, 0.6) is 0 Å². The largest absolute Gasteiger partial charge is 0.310 e. The van der Waals surface area contributed by atoms with E-state index in [-0.39, 0.29) is 5.91 Å². The number of carbonyl (C=O) groups excluding carboxylic acids is 1. The fourth-order valence-electron chi connectivity index (χ4n) is 2.76. The molecule has 1 amide bonds. The van der Waals surface area contributed by atoms with Crippen LogP contribution in [0.3, 0.4) is 0 Å². The molecule has 0 saturated carbocycles. The molecule has 1 aliphatic heterocycles. The number of thioether (sulfide) groups is 1. The number of para-hydroxylation sites is 1. The minimum absolute atomic E-state index is 0.140. The third-order valence-corrected chi connectivity index (χ3v) is 5.42. The monoisotopic (exact) mass is 360 g/mol. The zero-order valence-corrected chi connectivity index (χ0v) is 15.1. The van der Waals surface area contributed by atoms with Gasteiger partial charge in [0.05, 0.1) is 12.2 Å². The van der Waals surface area contributed by atoms with Crippen molar-refractivity contribution in [1.82, 2.24) is 5.32 Å². The first-order valence-corrected chi connectivity index (χ1v) is 9.58. The second kappa shape index (κ2) is 8.56. The lowest BCUT2D eigenvalue weighted by Crippen LogP contribution is -2.39. The van der Waals surface area contributed by atoms with Gasteiger partial charge in [-0.3, -0.25) is 4.79 Å². The Morgan fingerprint density at radius 3 is 2.79 bits per heavy atom. The van der Waals surface area contributed by atoms with Crippen molar-refractivity contribution in [2.24, 2.45) is 0 Å². The quantitative estimate of drug-likeness (QED) is 0.818. The highest BCUT2D eigenvalue weighted by atomic mass is 35.5. The van der Waals surface area contributed by atoms with Gasteiger partial charge in [0, 0.05) is 16.5 Å². The molecule has 1 aliphatic rings. The maximum atomic E-state index is 12.6. The van der Waals surface area contributed by atoms with E-state index in [0.29, 0.717) is 6.54 Å². The number of hydrogen-bond donors (Lipinski definition) is 1. The Balaban J connectivity index is 1.52. The molecule has 2 aromatic carbocycles. The van der Waals surface area contributed by atoms with E-state index in [9.17, 15) is 4.79 Å². The molecule has 0 bridgehead atoms. The normalized spacial score (nSPS) is 14.1. The van der Waals surface area contributed by atoms with Crippen LogP contribution in [-0.4, -0.2) is 31.3 Å². The van der Waals surface area contributed by atoms with E-state index in [1.165, 1.54) is 10.5 Å². The average Bonchev–Trinajstić information content (AvgIpc) is 2.82. The van der Waals surface area contributed by atoms with Crippen molar-refractivity contribution in [3.05, 3.63) is 59.1 Å². The molecule has 0 aliphatic carbocycles. The molecule has 3 nitrogen and oxygen atoms in total. The first-order chi connectivity index (χ1) is 11.7. The molecular weight excluding hydrogens is 340 g/mol. The summed E-state index contributed by atoms with van der Waals surface area (Å²) < 4.78 is 0. The summed E-state index contributed by atoms with van der Waals surface area (Å²) in [4.78, 5) is 15.7. The molecule has 0 atom stereocenters. The zero-order valence-electron chi connectivity index (χ0n) is 13.5. The lowest BCUT2D eigenvalue weighted by molar-refractivity contribution is -0.117. The van der Waals surface area contributed by atoms with Crippen molar-refractivity contribution in [2.75, 3.05) is 30.3 Å². The summed E-state index contributed by atoms with van der Waals surface area (Å²) in [7, 11) is 0. The molecule has 0 spiro atoms. The van der Waals surface area contributed by atoms with Crippen molar-refractivity contribution in [2.45, 2.75) is 17.7 Å². The van der Waals surface area contributed by atoms with E-state index in [1.807, 2.05) is 59.1 Å². The number of anilines is 1. The molecule has 0 aromatic heterocycles. The molecule has 5 heteroatoms. The predicted molar refractivity (Wildman–Crippen MR) is 102 cm³/mol. The van der Waals surface area contributed by atoms with Crippen molar-refractivity contribution >= 4 is 35.0 Å². The topological polar surface area (TPSA) is 32.3 Å². The number of carbonyl (C=O) groups is 1. The molecule has 3 rings (SSSR count). The van der Waals surface area contributed by atoms with Crippen molar-refractivity contribution < 1.29 is 4.79 Å². The van der Waals surface area contributed by atoms with Gasteiger partial charge in [0.25, 0.3) is 0 Å². The SMILES string of the molecule is O=C(CNCCc1ccc(Cl)cc1)N1CCCSc2ccccc21. The van der Waals surface area contributed by atoms with Crippen molar-refractivity contribution in [3.8, 4) is 0 Å². The number of rotatable bonds is 5. The molecule has 2 aromatic rings. The Bertz CT molecular complexity index is 690. The summed E-state index contributed by atoms with van der Waals surface area (Å²) in [5.74, 6) is 1.20. The van der Waals surface area contributed by atoms with Gasteiger partial charge in [-0.15, -0.1) is 11.8 Å². The van der Waals surface area contributed by atoms with Gasteiger partial charge in [0.2, 0.25) is 5.91 Å². The average molecular weight is 361 g/mol. The Kier molecular flexibility index (Phi) is 6.18. The van der Waals surface area contributed by atoms with Crippen LogP contribution in [0.4, 0.5) is 5.69 Å². The Hall–Kier alpha value is -1.49. The van der Waals surface area contributed by atoms with E-state index in [0.717, 1.165) is 42.4 Å². The van der Waals surface area contributed by atoms with Crippen LogP contribution in [0.1, 0.15) is 12.0 Å². The van der Waals surface area contributed by atoms with Crippen LogP contribution >= 0.6 is 23.4 Å². The van der Waals surface area contributed by atoms with Crippen LogP contribution < -0.4 is 10.2 Å².